The number of aliphatic hydroxyl groups is 1. The highest BCUT2D eigenvalue weighted by atomic mass is 19.1. The number of rotatable bonds is 7. The smallest absolute Gasteiger partial charge is 0.256 e. The molecular weight excluding hydrogens is 475 g/mol. The SMILES string of the molecule is C=CC(O)N1CCC[C@@H](n2nc(-c3ccc(CNC(=O)c4cccnc4F)cc3)c3c(N)ncnc32)C1. The van der Waals surface area contributed by atoms with Gasteiger partial charge in [-0.3, -0.25) is 9.69 Å². The van der Waals surface area contributed by atoms with E-state index in [1.807, 2.05) is 33.8 Å². The molecule has 1 unspecified atom stereocenters. The normalized spacial score (nSPS) is 17.0. The lowest BCUT2D eigenvalue weighted by Crippen LogP contribution is -2.42. The van der Waals surface area contributed by atoms with Gasteiger partial charge in [-0.15, -0.1) is 0 Å². The summed E-state index contributed by atoms with van der Waals surface area (Å²) < 4.78 is 15.6. The molecule has 1 amide bonds. The predicted octanol–water partition coefficient (Wildman–Crippen LogP) is 2.68. The van der Waals surface area contributed by atoms with Gasteiger partial charge in [0, 0.05) is 31.4 Å². The van der Waals surface area contributed by atoms with E-state index in [4.69, 9.17) is 10.8 Å². The van der Waals surface area contributed by atoms with Crippen LogP contribution in [0.1, 0.15) is 34.8 Å². The maximum absolute atomic E-state index is 13.8. The highest BCUT2D eigenvalue weighted by Gasteiger charge is 2.28. The number of anilines is 1. The third kappa shape index (κ3) is 4.91. The van der Waals surface area contributed by atoms with Crippen molar-refractivity contribution in [3.8, 4) is 11.3 Å². The highest BCUT2D eigenvalue weighted by Crippen LogP contribution is 2.34. The van der Waals surface area contributed by atoms with Crippen molar-refractivity contribution in [3.05, 3.63) is 78.7 Å². The number of halogens is 1. The van der Waals surface area contributed by atoms with E-state index in [1.165, 1.54) is 30.7 Å². The molecule has 1 fully saturated rings. The topological polar surface area (TPSA) is 135 Å². The number of carbonyl (C=O) groups is 1. The molecule has 37 heavy (non-hydrogen) atoms. The molecule has 2 atom stereocenters. The molecule has 1 aromatic carbocycles. The molecule has 190 valence electrons. The summed E-state index contributed by atoms with van der Waals surface area (Å²) in [5.74, 6) is -1.01. The number of nitrogens with zero attached hydrogens (tertiary/aromatic N) is 6. The van der Waals surface area contributed by atoms with Crippen molar-refractivity contribution in [1.82, 2.24) is 34.9 Å². The van der Waals surface area contributed by atoms with Crippen LogP contribution in [-0.2, 0) is 6.54 Å². The molecule has 10 nitrogen and oxygen atoms in total. The van der Waals surface area contributed by atoms with Crippen molar-refractivity contribution in [2.75, 3.05) is 18.8 Å². The molecule has 1 aliphatic rings. The summed E-state index contributed by atoms with van der Waals surface area (Å²) in [5, 5.41) is 18.5. The number of amides is 1. The first kappa shape index (κ1) is 24.5. The Morgan fingerprint density at radius 1 is 1.27 bits per heavy atom. The molecule has 0 saturated carbocycles. The second-order valence-electron chi connectivity index (χ2n) is 8.91. The molecule has 3 aromatic heterocycles. The van der Waals surface area contributed by atoms with Crippen LogP contribution in [0.4, 0.5) is 10.2 Å². The fourth-order valence-corrected chi connectivity index (χ4v) is 4.64. The van der Waals surface area contributed by atoms with Gasteiger partial charge in [0.25, 0.3) is 5.91 Å². The van der Waals surface area contributed by atoms with Gasteiger partial charge in [0.15, 0.2) is 5.65 Å². The molecule has 1 saturated heterocycles. The maximum Gasteiger partial charge on any atom is 0.256 e. The van der Waals surface area contributed by atoms with Gasteiger partial charge >= 0.3 is 0 Å². The quantitative estimate of drug-likeness (QED) is 0.259. The monoisotopic (exact) mass is 502 g/mol. The number of nitrogen functional groups attached to an aromatic ring is 1. The largest absolute Gasteiger partial charge is 0.383 e. The van der Waals surface area contributed by atoms with Gasteiger partial charge in [0.2, 0.25) is 5.95 Å². The Morgan fingerprint density at radius 3 is 2.84 bits per heavy atom. The van der Waals surface area contributed by atoms with Gasteiger partial charge in [-0.1, -0.05) is 30.8 Å². The average molecular weight is 503 g/mol. The number of nitrogens with two attached hydrogens (primary N) is 1. The lowest BCUT2D eigenvalue weighted by atomic mass is 10.1. The van der Waals surface area contributed by atoms with Crippen molar-refractivity contribution in [2.45, 2.75) is 31.7 Å². The van der Waals surface area contributed by atoms with E-state index < -0.39 is 18.1 Å². The number of hydrogen-bond acceptors (Lipinski definition) is 8. The maximum atomic E-state index is 13.8. The lowest BCUT2D eigenvalue weighted by molar-refractivity contribution is 0.0126. The second-order valence-corrected chi connectivity index (χ2v) is 8.91. The summed E-state index contributed by atoms with van der Waals surface area (Å²) in [7, 11) is 0. The van der Waals surface area contributed by atoms with Crippen LogP contribution in [-0.4, -0.2) is 60.0 Å². The summed E-state index contributed by atoms with van der Waals surface area (Å²) in [6.45, 7) is 5.29. The Bertz CT molecular complexity index is 1440. The van der Waals surface area contributed by atoms with Crippen molar-refractivity contribution < 1.29 is 14.3 Å². The van der Waals surface area contributed by atoms with Gasteiger partial charge in [0.1, 0.15) is 24.1 Å². The van der Waals surface area contributed by atoms with Gasteiger partial charge in [0.05, 0.1) is 17.0 Å². The number of likely N-dealkylation sites (tertiary alicyclic amines) is 1. The van der Waals surface area contributed by atoms with Crippen molar-refractivity contribution >= 4 is 22.8 Å². The molecule has 11 heteroatoms. The zero-order valence-corrected chi connectivity index (χ0v) is 20.1. The zero-order chi connectivity index (χ0) is 25.9. The van der Waals surface area contributed by atoms with E-state index in [1.54, 1.807) is 0 Å². The fourth-order valence-electron chi connectivity index (χ4n) is 4.64. The molecule has 5 rings (SSSR count). The summed E-state index contributed by atoms with van der Waals surface area (Å²) in [5.41, 5.74) is 9.10. The van der Waals surface area contributed by atoms with E-state index in [9.17, 15) is 14.3 Å². The first-order valence-electron chi connectivity index (χ1n) is 12.0. The van der Waals surface area contributed by atoms with Crippen molar-refractivity contribution in [2.24, 2.45) is 0 Å². The summed E-state index contributed by atoms with van der Waals surface area (Å²) in [4.78, 5) is 26.4. The van der Waals surface area contributed by atoms with Crippen LogP contribution in [0.15, 0.2) is 61.6 Å². The Morgan fingerprint density at radius 2 is 2.08 bits per heavy atom. The number of benzene rings is 1. The third-order valence-corrected chi connectivity index (χ3v) is 6.56. The average Bonchev–Trinajstić information content (AvgIpc) is 3.33. The summed E-state index contributed by atoms with van der Waals surface area (Å²) in [6.07, 6.45) is 5.31. The molecule has 1 aliphatic heterocycles. The number of aromatic nitrogens is 5. The van der Waals surface area contributed by atoms with Crippen LogP contribution in [0.25, 0.3) is 22.3 Å². The van der Waals surface area contributed by atoms with E-state index in [0.717, 1.165) is 30.5 Å². The third-order valence-electron chi connectivity index (χ3n) is 6.56. The molecule has 4 heterocycles. The Balaban J connectivity index is 1.39. The minimum atomic E-state index is -0.808. The van der Waals surface area contributed by atoms with Crippen LogP contribution < -0.4 is 11.1 Å². The van der Waals surface area contributed by atoms with Crippen LogP contribution in [0.5, 0.6) is 0 Å². The Kier molecular flexibility index (Phi) is 6.89. The lowest BCUT2D eigenvalue weighted by Gasteiger charge is -2.34. The minimum absolute atomic E-state index is 0.00347. The summed E-state index contributed by atoms with van der Waals surface area (Å²) >= 11 is 0. The summed E-state index contributed by atoms with van der Waals surface area (Å²) in [6, 6.07) is 10.4. The van der Waals surface area contributed by atoms with Crippen LogP contribution >= 0.6 is 0 Å². The van der Waals surface area contributed by atoms with Gasteiger partial charge in [-0.25, -0.2) is 19.6 Å². The number of aliphatic hydroxyl groups excluding tert-OH is 1. The first-order chi connectivity index (χ1) is 18.0. The van der Waals surface area contributed by atoms with Crippen molar-refractivity contribution in [1.29, 1.82) is 0 Å². The number of carbonyl (C=O) groups excluding carboxylic acids is 1. The molecule has 0 spiro atoms. The Labute approximate surface area is 212 Å². The number of hydrogen-bond donors (Lipinski definition) is 3. The molecule has 4 aromatic rings. The van der Waals surface area contributed by atoms with Gasteiger partial charge < -0.3 is 16.2 Å². The number of nitrogens with one attached hydrogen (secondary N) is 1. The molecule has 0 aliphatic carbocycles. The molecule has 0 radical (unpaired) electrons. The number of piperidine rings is 1. The standard InChI is InChI=1S/C26H27FN8O2/c1-2-20(36)34-12-4-5-18(14-34)35-25-21(24(28)31-15-32-25)22(33-35)17-9-7-16(8-10-17)13-30-26(37)19-6-3-11-29-23(19)27/h2-3,6-11,15,18,20,36H,1,4-5,12-14H2,(H,30,37)(H2,28,31,32)/t18-,20?/m1/s1. The minimum Gasteiger partial charge on any atom is -0.383 e. The van der Waals surface area contributed by atoms with E-state index in [-0.39, 0.29) is 18.2 Å². The molecule has 0 bridgehead atoms. The van der Waals surface area contributed by atoms with Crippen LogP contribution in [0.3, 0.4) is 0 Å². The number of pyridine rings is 1. The van der Waals surface area contributed by atoms with E-state index >= 15 is 0 Å². The van der Waals surface area contributed by atoms with Crippen molar-refractivity contribution in [3.63, 3.8) is 0 Å². The fraction of sp³-hybridized carbons (Fsp3) is 0.269. The van der Waals surface area contributed by atoms with Crippen LogP contribution in [0, 0.1) is 5.95 Å². The highest BCUT2D eigenvalue weighted by molar-refractivity contribution is 5.98. The first-order valence-corrected chi connectivity index (χ1v) is 12.0. The van der Waals surface area contributed by atoms with Gasteiger partial charge in [-0.05, 0) is 36.6 Å². The van der Waals surface area contributed by atoms with E-state index in [2.05, 4.69) is 26.8 Å². The van der Waals surface area contributed by atoms with Gasteiger partial charge in [-0.2, -0.15) is 9.49 Å². The second kappa shape index (κ2) is 10.4. The van der Waals surface area contributed by atoms with Crippen LogP contribution in [0.2, 0.25) is 0 Å². The Hall–Kier alpha value is -4.22. The molecular formula is C26H27FN8O2. The number of fused-ring (bicyclic) bond motifs is 1. The van der Waals surface area contributed by atoms with E-state index in [0.29, 0.717) is 29.1 Å². The molecule has 4 N–H and O–H groups in total. The zero-order valence-electron chi connectivity index (χ0n) is 20.1. The predicted molar refractivity (Wildman–Crippen MR) is 137 cm³/mol.